The van der Waals surface area contributed by atoms with Crippen LogP contribution in [0.3, 0.4) is 0 Å². The van der Waals surface area contributed by atoms with Gasteiger partial charge in [-0.2, -0.15) is 8.42 Å². The van der Waals surface area contributed by atoms with Crippen LogP contribution in [0.1, 0.15) is 136 Å². The van der Waals surface area contributed by atoms with Crippen LogP contribution in [-0.2, 0) is 10.1 Å². The first-order valence-corrected chi connectivity index (χ1v) is 13.6. The van der Waals surface area contributed by atoms with Crippen molar-refractivity contribution in [1.29, 1.82) is 0 Å². The Balaban J connectivity index is 3.59. The van der Waals surface area contributed by atoms with Gasteiger partial charge in [-0.1, -0.05) is 110 Å². The lowest BCUT2D eigenvalue weighted by atomic mass is 10.0. The Morgan fingerprint density at radius 3 is 1.25 bits per heavy atom. The molecule has 0 spiro atoms. The second-order valence-electron chi connectivity index (χ2n) is 8.54. The fourth-order valence-corrected chi connectivity index (χ4v) is 4.76. The zero-order valence-electron chi connectivity index (χ0n) is 18.7. The van der Waals surface area contributed by atoms with Gasteiger partial charge in [0.05, 0.1) is 11.4 Å². The number of aliphatic hydroxyl groups is 1. The Kier molecular flexibility index (Phi) is 18.8. The minimum Gasteiger partial charge on any atom is -0.393 e. The van der Waals surface area contributed by atoms with Gasteiger partial charge in [0, 0.05) is 0 Å². The molecule has 0 aliphatic carbocycles. The van der Waals surface area contributed by atoms with Crippen molar-refractivity contribution in [3.8, 4) is 0 Å². The van der Waals surface area contributed by atoms with E-state index < -0.39 is 15.4 Å². The maximum atomic E-state index is 11.5. The van der Waals surface area contributed by atoms with Gasteiger partial charge >= 0.3 is 0 Å². The molecule has 0 saturated carbocycles. The third-order valence-electron chi connectivity index (χ3n) is 5.76. The van der Waals surface area contributed by atoms with Gasteiger partial charge in [-0.15, -0.1) is 0 Å². The van der Waals surface area contributed by atoms with Crippen LogP contribution in [0.2, 0.25) is 0 Å². The SMILES string of the molecule is CCCCCCC(O)CCCCCCCCCC(CCCCCC)S(=O)(=O)O. The molecule has 0 amide bonds. The molecular formula is C23H48O4S. The topological polar surface area (TPSA) is 74.6 Å². The van der Waals surface area contributed by atoms with Crippen molar-refractivity contribution >= 4 is 10.1 Å². The fraction of sp³-hybridized carbons (Fsp3) is 1.00. The molecule has 0 aromatic rings. The van der Waals surface area contributed by atoms with Crippen LogP contribution in [0.15, 0.2) is 0 Å². The van der Waals surface area contributed by atoms with Crippen LogP contribution in [-0.4, -0.2) is 29.4 Å². The minimum atomic E-state index is -3.90. The zero-order chi connectivity index (χ0) is 21.1. The molecule has 4 nitrogen and oxygen atoms in total. The van der Waals surface area contributed by atoms with Crippen molar-refractivity contribution in [3.05, 3.63) is 0 Å². The van der Waals surface area contributed by atoms with Crippen molar-refractivity contribution in [2.75, 3.05) is 0 Å². The number of rotatable bonds is 21. The first-order valence-electron chi connectivity index (χ1n) is 12.1. The summed E-state index contributed by atoms with van der Waals surface area (Å²) in [6.07, 6.45) is 19.8. The first-order chi connectivity index (χ1) is 13.4. The highest BCUT2D eigenvalue weighted by molar-refractivity contribution is 7.86. The second-order valence-corrected chi connectivity index (χ2v) is 10.2. The average Bonchev–Trinajstić information content (AvgIpc) is 2.64. The molecule has 0 saturated heterocycles. The fourth-order valence-electron chi connectivity index (χ4n) is 3.83. The van der Waals surface area contributed by atoms with Gasteiger partial charge in [-0.3, -0.25) is 4.55 Å². The molecular weight excluding hydrogens is 372 g/mol. The lowest BCUT2D eigenvalue weighted by molar-refractivity contribution is 0.147. The van der Waals surface area contributed by atoms with Gasteiger partial charge in [0.1, 0.15) is 0 Å². The van der Waals surface area contributed by atoms with Crippen LogP contribution in [0.4, 0.5) is 0 Å². The van der Waals surface area contributed by atoms with Crippen molar-refractivity contribution in [2.24, 2.45) is 0 Å². The molecule has 0 bridgehead atoms. The Morgan fingerprint density at radius 1 is 0.571 bits per heavy atom. The molecule has 2 atom stereocenters. The van der Waals surface area contributed by atoms with Gasteiger partial charge in [0.25, 0.3) is 10.1 Å². The monoisotopic (exact) mass is 420 g/mol. The molecule has 2 N–H and O–H groups in total. The summed E-state index contributed by atoms with van der Waals surface area (Å²) in [6, 6.07) is 0. The van der Waals surface area contributed by atoms with Gasteiger partial charge in [0.2, 0.25) is 0 Å². The van der Waals surface area contributed by atoms with E-state index in [4.69, 9.17) is 0 Å². The third kappa shape index (κ3) is 17.9. The van der Waals surface area contributed by atoms with E-state index in [0.29, 0.717) is 12.8 Å². The molecule has 0 fully saturated rings. The van der Waals surface area contributed by atoms with Crippen molar-refractivity contribution in [2.45, 2.75) is 147 Å². The lowest BCUT2D eigenvalue weighted by Gasteiger charge is -2.13. The summed E-state index contributed by atoms with van der Waals surface area (Å²) >= 11 is 0. The Hall–Kier alpha value is -0.130. The quantitative estimate of drug-likeness (QED) is 0.154. The van der Waals surface area contributed by atoms with Crippen molar-refractivity contribution in [1.82, 2.24) is 0 Å². The molecule has 0 rings (SSSR count). The summed E-state index contributed by atoms with van der Waals surface area (Å²) in [5.41, 5.74) is 0. The van der Waals surface area contributed by atoms with E-state index in [0.717, 1.165) is 70.6 Å². The highest BCUT2D eigenvalue weighted by atomic mass is 32.2. The molecule has 2 unspecified atom stereocenters. The molecule has 0 heterocycles. The standard InChI is InChI=1S/C23H48O4S/c1-3-5-7-14-18-22(24)19-15-12-10-9-11-13-17-21-23(28(25,26)27)20-16-8-6-4-2/h22-24H,3-21H2,1-2H3,(H,25,26,27). The van der Waals surface area contributed by atoms with E-state index in [-0.39, 0.29) is 6.10 Å². The molecule has 0 aliphatic heterocycles. The van der Waals surface area contributed by atoms with Crippen molar-refractivity contribution in [3.63, 3.8) is 0 Å². The van der Waals surface area contributed by atoms with Gasteiger partial charge in [0.15, 0.2) is 0 Å². The van der Waals surface area contributed by atoms with Gasteiger partial charge in [-0.05, 0) is 25.7 Å². The smallest absolute Gasteiger partial charge is 0.267 e. The zero-order valence-corrected chi connectivity index (χ0v) is 19.5. The molecule has 5 heteroatoms. The molecule has 0 radical (unpaired) electrons. The maximum absolute atomic E-state index is 11.5. The Bertz CT molecular complexity index is 422. The number of aliphatic hydroxyl groups excluding tert-OH is 1. The van der Waals surface area contributed by atoms with Gasteiger partial charge in [-0.25, -0.2) is 0 Å². The van der Waals surface area contributed by atoms with E-state index in [9.17, 15) is 18.1 Å². The number of hydrogen-bond acceptors (Lipinski definition) is 3. The van der Waals surface area contributed by atoms with Gasteiger partial charge < -0.3 is 5.11 Å². The molecule has 28 heavy (non-hydrogen) atoms. The van der Waals surface area contributed by atoms with Crippen LogP contribution in [0.5, 0.6) is 0 Å². The molecule has 0 aromatic carbocycles. The minimum absolute atomic E-state index is 0.119. The summed E-state index contributed by atoms with van der Waals surface area (Å²) in [5.74, 6) is 0. The van der Waals surface area contributed by atoms with E-state index in [1.165, 1.54) is 38.5 Å². The van der Waals surface area contributed by atoms with E-state index >= 15 is 0 Å². The first kappa shape index (κ1) is 27.9. The van der Waals surface area contributed by atoms with Crippen LogP contribution in [0.25, 0.3) is 0 Å². The third-order valence-corrected chi connectivity index (χ3v) is 7.07. The van der Waals surface area contributed by atoms with Crippen molar-refractivity contribution < 1.29 is 18.1 Å². The maximum Gasteiger partial charge on any atom is 0.267 e. The highest BCUT2D eigenvalue weighted by Gasteiger charge is 2.21. The summed E-state index contributed by atoms with van der Waals surface area (Å²) in [6.45, 7) is 4.34. The predicted molar refractivity (Wildman–Crippen MR) is 120 cm³/mol. The largest absolute Gasteiger partial charge is 0.393 e. The van der Waals surface area contributed by atoms with Crippen LogP contribution >= 0.6 is 0 Å². The average molecular weight is 421 g/mol. The predicted octanol–water partition coefficient (Wildman–Crippen LogP) is 7.06. The molecule has 0 aromatic heterocycles. The summed E-state index contributed by atoms with van der Waals surface area (Å²) in [5, 5.41) is 9.39. The number of unbranched alkanes of at least 4 members (excludes halogenated alkanes) is 12. The van der Waals surface area contributed by atoms with E-state index in [1.54, 1.807) is 0 Å². The summed E-state index contributed by atoms with van der Waals surface area (Å²) in [4.78, 5) is 0. The molecule has 170 valence electrons. The van der Waals surface area contributed by atoms with E-state index in [2.05, 4.69) is 13.8 Å². The lowest BCUT2D eigenvalue weighted by Crippen LogP contribution is -2.20. The second kappa shape index (κ2) is 18.9. The Morgan fingerprint density at radius 2 is 0.893 bits per heavy atom. The number of hydrogen-bond donors (Lipinski definition) is 2. The molecule has 0 aliphatic rings. The highest BCUT2D eigenvalue weighted by Crippen LogP contribution is 2.19. The normalized spacial score (nSPS) is 14.3. The van der Waals surface area contributed by atoms with Crippen LogP contribution in [0, 0.1) is 0 Å². The van der Waals surface area contributed by atoms with Crippen LogP contribution < -0.4 is 0 Å². The summed E-state index contributed by atoms with van der Waals surface area (Å²) in [7, 11) is -3.90. The van der Waals surface area contributed by atoms with E-state index in [1.807, 2.05) is 0 Å². The Labute approximate surface area is 175 Å². The summed E-state index contributed by atoms with van der Waals surface area (Å²) < 4.78 is 32.5.